The van der Waals surface area contributed by atoms with E-state index in [1.54, 1.807) is 16.8 Å². The molecule has 7 heteroatoms. The molecule has 1 fully saturated rings. The monoisotopic (exact) mass is 409 g/mol. The van der Waals surface area contributed by atoms with E-state index in [1.807, 2.05) is 43.3 Å². The van der Waals surface area contributed by atoms with Crippen LogP contribution in [0.15, 0.2) is 69.5 Å². The normalized spacial score (nSPS) is 22.2. The first-order valence-corrected chi connectivity index (χ1v) is 10.6. The fourth-order valence-corrected chi connectivity index (χ4v) is 4.45. The zero-order chi connectivity index (χ0) is 20.6. The van der Waals surface area contributed by atoms with Crippen LogP contribution in [0.4, 0.5) is 5.69 Å². The van der Waals surface area contributed by atoms with Crippen molar-refractivity contribution in [2.24, 2.45) is 10.8 Å². The Morgan fingerprint density at radius 3 is 2.93 bits per heavy atom. The molecule has 2 aliphatic rings. The maximum Gasteiger partial charge on any atom is 0.101 e. The molecule has 0 bridgehead atoms. The van der Waals surface area contributed by atoms with Crippen molar-refractivity contribution in [1.29, 1.82) is 5.26 Å². The summed E-state index contributed by atoms with van der Waals surface area (Å²) in [5, 5.41) is 18.9. The Labute approximate surface area is 176 Å². The van der Waals surface area contributed by atoms with Crippen LogP contribution in [-0.2, 0) is 4.74 Å². The van der Waals surface area contributed by atoms with Gasteiger partial charge in [-0.25, -0.2) is 5.01 Å². The topological polar surface area (TPSA) is 86.7 Å². The van der Waals surface area contributed by atoms with Crippen molar-refractivity contribution in [1.82, 2.24) is 5.32 Å². The molecule has 0 saturated carbocycles. The number of hydrogen-bond donors (Lipinski definition) is 2. The number of rotatable bonds is 8. The molecular weight excluding hydrogens is 382 g/mol. The predicted octanol–water partition coefficient (Wildman–Crippen LogP) is 3.86. The van der Waals surface area contributed by atoms with E-state index in [0.717, 1.165) is 42.3 Å². The van der Waals surface area contributed by atoms with Crippen LogP contribution in [-0.4, -0.2) is 31.3 Å². The average Bonchev–Trinajstić information content (AvgIpc) is 3.27. The fourth-order valence-electron chi connectivity index (χ4n) is 3.34. The minimum Gasteiger partial charge on any atom is -0.397 e. The molecule has 152 valence electrons. The fraction of sp³-hybridized carbons (Fsp3) is 0.364. The molecular formula is C22H27N5OS. The molecule has 1 aromatic carbocycles. The zero-order valence-electron chi connectivity index (χ0n) is 16.7. The maximum absolute atomic E-state index is 9.49. The molecule has 2 aliphatic heterocycles. The van der Waals surface area contributed by atoms with Crippen molar-refractivity contribution >= 4 is 24.2 Å². The third kappa shape index (κ3) is 5.51. The molecule has 3 rings (SSSR count). The first-order chi connectivity index (χ1) is 14.1. The van der Waals surface area contributed by atoms with Gasteiger partial charge in [0.05, 0.1) is 28.4 Å². The lowest BCUT2D eigenvalue weighted by Gasteiger charge is -2.24. The van der Waals surface area contributed by atoms with Crippen LogP contribution in [0, 0.1) is 11.3 Å². The smallest absolute Gasteiger partial charge is 0.101 e. The van der Waals surface area contributed by atoms with Crippen LogP contribution >= 0.6 is 11.8 Å². The number of hydrazone groups is 1. The highest BCUT2D eigenvalue weighted by Gasteiger charge is 2.23. The second-order valence-electron chi connectivity index (χ2n) is 6.95. The number of nitrogens with one attached hydrogen (secondary N) is 1. The van der Waals surface area contributed by atoms with E-state index in [1.165, 1.54) is 0 Å². The van der Waals surface area contributed by atoms with Crippen molar-refractivity contribution in [2.75, 3.05) is 18.2 Å². The van der Waals surface area contributed by atoms with Crippen molar-refractivity contribution in [3.05, 3.63) is 64.4 Å². The number of allylic oxidation sites excluding steroid dienone is 4. The van der Waals surface area contributed by atoms with Crippen molar-refractivity contribution in [3.8, 4) is 6.07 Å². The Bertz CT molecular complexity index is 850. The third-order valence-corrected chi connectivity index (χ3v) is 6.16. The molecule has 0 aromatic heterocycles. The SMILES string of the molecule is C=NN(/C(C)=C/CC1=C(N)C(C#N)=CC(NCC2CCCO2)S1)c1ccccc1. The van der Waals surface area contributed by atoms with E-state index >= 15 is 0 Å². The van der Waals surface area contributed by atoms with Gasteiger partial charge in [0.2, 0.25) is 0 Å². The Hall–Kier alpha value is -2.53. The van der Waals surface area contributed by atoms with E-state index in [4.69, 9.17) is 10.5 Å². The number of para-hydroxylation sites is 1. The molecule has 0 spiro atoms. The largest absolute Gasteiger partial charge is 0.397 e. The van der Waals surface area contributed by atoms with E-state index < -0.39 is 0 Å². The molecule has 2 unspecified atom stereocenters. The Morgan fingerprint density at radius 1 is 1.48 bits per heavy atom. The second-order valence-corrected chi connectivity index (χ2v) is 8.19. The standard InChI is InChI=1S/C22H27N5OS/c1-16(27(25-2)18-7-4-3-5-8-18)10-11-20-22(24)17(14-23)13-21(29-20)26-15-19-9-6-12-28-19/h3-5,7-8,10,13,19,21,26H,2,6,9,11-12,15,24H2,1H3/b16-10+. The summed E-state index contributed by atoms with van der Waals surface area (Å²) in [7, 11) is 0. The first-order valence-electron chi connectivity index (χ1n) is 9.73. The highest BCUT2D eigenvalue weighted by atomic mass is 32.2. The van der Waals surface area contributed by atoms with Gasteiger partial charge in [0.15, 0.2) is 0 Å². The maximum atomic E-state index is 9.49. The van der Waals surface area contributed by atoms with Crippen LogP contribution < -0.4 is 16.1 Å². The van der Waals surface area contributed by atoms with Gasteiger partial charge in [-0.15, -0.1) is 11.8 Å². The molecule has 0 amide bonds. The second kappa shape index (κ2) is 10.3. The average molecular weight is 410 g/mol. The molecule has 2 heterocycles. The van der Waals surface area contributed by atoms with Gasteiger partial charge in [-0.2, -0.15) is 10.4 Å². The first kappa shape index (κ1) is 21.2. The van der Waals surface area contributed by atoms with Gasteiger partial charge in [0.25, 0.3) is 0 Å². The number of anilines is 1. The highest BCUT2D eigenvalue weighted by Crippen LogP contribution is 2.34. The van der Waals surface area contributed by atoms with Crippen LogP contribution in [0.1, 0.15) is 26.2 Å². The Morgan fingerprint density at radius 2 is 2.28 bits per heavy atom. The van der Waals surface area contributed by atoms with Crippen LogP contribution in [0.5, 0.6) is 0 Å². The number of thioether (sulfide) groups is 1. The van der Waals surface area contributed by atoms with Gasteiger partial charge in [-0.3, -0.25) is 5.32 Å². The number of benzene rings is 1. The minimum atomic E-state index is 0.00705. The molecule has 2 atom stereocenters. The molecule has 6 nitrogen and oxygen atoms in total. The number of nitrogens with two attached hydrogens (primary N) is 1. The van der Waals surface area contributed by atoms with Crippen molar-refractivity contribution in [2.45, 2.75) is 37.7 Å². The summed E-state index contributed by atoms with van der Waals surface area (Å²) in [4.78, 5) is 0.977. The van der Waals surface area contributed by atoms with Gasteiger partial charge in [-0.1, -0.05) is 24.3 Å². The van der Waals surface area contributed by atoms with E-state index in [-0.39, 0.29) is 11.5 Å². The van der Waals surface area contributed by atoms with E-state index in [0.29, 0.717) is 17.7 Å². The third-order valence-electron chi connectivity index (χ3n) is 4.93. The van der Waals surface area contributed by atoms with Gasteiger partial charge < -0.3 is 10.5 Å². The lowest BCUT2D eigenvalue weighted by Crippen LogP contribution is -2.34. The Kier molecular flexibility index (Phi) is 7.53. The molecule has 1 aromatic rings. The molecule has 29 heavy (non-hydrogen) atoms. The number of ether oxygens (including phenoxy) is 1. The zero-order valence-corrected chi connectivity index (χ0v) is 17.5. The summed E-state index contributed by atoms with van der Waals surface area (Å²) >= 11 is 1.65. The van der Waals surface area contributed by atoms with Gasteiger partial charge >= 0.3 is 0 Å². The molecule has 0 aliphatic carbocycles. The summed E-state index contributed by atoms with van der Waals surface area (Å²) < 4.78 is 5.68. The lowest BCUT2D eigenvalue weighted by atomic mass is 10.1. The van der Waals surface area contributed by atoms with Crippen LogP contribution in [0.25, 0.3) is 0 Å². The predicted molar refractivity (Wildman–Crippen MR) is 120 cm³/mol. The minimum absolute atomic E-state index is 0.00705. The molecule has 0 radical (unpaired) electrons. The number of nitrogens with zero attached hydrogens (tertiary/aromatic N) is 3. The van der Waals surface area contributed by atoms with Crippen molar-refractivity contribution < 1.29 is 4.74 Å². The van der Waals surface area contributed by atoms with Crippen LogP contribution in [0.2, 0.25) is 0 Å². The van der Waals surface area contributed by atoms with Gasteiger partial charge in [-0.05, 0) is 38.0 Å². The van der Waals surface area contributed by atoms with Crippen molar-refractivity contribution in [3.63, 3.8) is 0 Å². The molecule has 3 N–H and O–H groups in total. The van der Waals surface area contributed by atoms with E-state index in [2.05, 4.69) is 29.3 Å². The summed E-state index contributed by atoms with van der Waals surface area (Å²) in [6, 6.07) is 12.1. The highest BCUT2D eigenvalue weighted by molar-refractivity contribution is 8.03. The summed E-state index contributed by atoms with van der Waals surface area (Å²) in [5.74, 6) is 0. The van der Waals surface area contributed by atoms with E-state index in [9.17, 15) is 5.26 Å². The van der Waals surface area contributed by atoms with Crippen LogP contribution in [0.3, 0.4) is 0 Å². The number of nitriles is 1. The van der Waals surface area contributed by atoms with Gasteiger partial charge in [0.1, 0.15) is 6.07 Å². The summed E-state index contributed by atoms with van der Waals surface area (Å²) in [6.07, 6.45) is 7.03. The summed E-state index contributed by atoms with van der Waals surface area (Å²) in [5.41, 5.74) is 9.23. The number of hydrogen-bond acceptors (Lipinski definition) is 7. The Balaban J connectivity index is 1.69. The van der Waals surface area contributed by atoms with Gasteiger partial charge in [0, 0.05) is 36.9 Å². The summed E-state index contributed by atoms with van der Waals surface area (Å²) in [6.45, 7) is 7.28. The quantitative estimate of drug-likeness (QED) is 0.501. The molecule has 1 saturated heterocycles. The lowest BCUT2D eigenvalue weighted by molar-refractivity contribution is 0.110.